The zero-order valence-corrected chi connectivity index (χ0v) is 14.0. The maximum Gasteiger partial charge on any atom is 0.319 e. The first-order valence-corrected chi connectivity index (χ1v) is 8.09. The quantitative estimate of drug-likeness (QED) is 0.740. The minimum atomic E-state index is -0.304. The summed E-state index contributed by atoms with van der Waals surface area (Å²) >= 11 is 1.42. The summed E-state index contributed by atoms with van der Waals surface area (Å²) in [7, 11) is 1.62. The molecule has 0 spiro atoms. The Kier molecular flexibility index (Phi) is 4.76. The second-order valence-corrected chi connectivity index (χ2v) is 5.88. The molecule has 7 nitrogen and oxygen atoms in total. The molecule has 0 bridgehead atoms. The number of methoxy groups -OCH3 is 1. The summed E-state index contributed by atoms with van der Waals surface area (Å²) in [5, 5.41) is 11.2. The number of carbonyl (C=O) groups excluding carboxylic acids is 1. The Labute approximate surface area is 142 Å². The van der Waals surface area contributed by atoms with Crippen LogP contribution in [0.5, 0.6) is 5.75 Å². The number of amides is 2. The van der Waals surface area contributed by atoms with Crippen molar-refractivity contribution in [3.05, 3.63) is 47.1 Å². The lowest BCUT2D eigenvalue weighted by Crippen LogP contribution is -2.28. The lowest BCUT2D eigenvalue weighted by molar-refractivity contribution is 0.252. The van der Waals surface area contributed by atoms with Crippen LogP contribution in [0, 0.1) is 6.92 Å². The third-order valence-corrected chi connectivity index (χ3v) is 4.15. The highest BCUT2D eigenvalue weighted by molar-refractivity contribution is 7.14. The largest absolute Gasteiger partial charge is 0.497 e. The summed E-state index contributed by atoms with van der Waals surface area (Å²) in [6, 6.07) is 8.99. The van der Waals surface area contributed by atoms with Crippen LogP contribution in [0.4, 0.5) is 10.5 Å². The van der Waals surface area contributed by atoms with Gasteiger partial charge in [0.2, 0.25) is 0 Å². The zero-order chi connectivity index (χ0) is 16.9. The number of ether oxygens (including phenoxy) is 1. The van der Waals surface area contributed by atoms with E-state index in [4.69, 9.17) is 9.26 Å². The molecule has 2 amide bonds. The molecule has 3 rings (SSSR count). The maximum atomic E-state index is 12.1. The predicted octanol–water partition coefficient (Wildman–Crippen LogP) is 3.44. The third kappa shape index (κ3) is 3.72. The first-order chi connectivity index (χ1) is 11.7. The summed E-state index contributed by atoms with van der Waals surface area (Å²) in [5.41, 5.74) is 1.61. The summed E-state index contributed by atoms with van der Waals surface area (Å²) in [6.07, 6.45) is 0. The van der Waals surface area contributed by atoms with Crippen molar-refractivity contribution in [2.75, 3.05) is 12.4 Å². The summed E-state index contributed by atoms with van der Waals surface area (Å²) in [6.45, 7) is 2.16. The first-order valence-electron chi connectivity index (χ1n) is 7.21. The van der Waals surface area contributed by atoms with Gasteiger partial charge in [-0.05, 0) is 36.1 Å². The molecule has 0 saturated heterocycles. The van der Waals surface area contributed by atoms with Gasteiger partial charge in [0, 0.05) is 6.54 Å². The van der Waals surface area contributed by atoms with E-state index in [0.717, 1.165) is 16.2 Å². The number of aromatic nitrogens is 2. The molecule has 0 aliphatic carbocycles. The molecule has 0 fully saturated rings. The molecular formula is C16H16N4O3S. The Morgan fingerprint density at radius 2 is 2.08 bits per heavy atom. The molecule has 0 saturated carbocycles. The SMILES string of the molecule is COc1ccc(CNC(=O)Nc2ccsc2-c2nc(C)no2)cc1. The molecule has 24 heavy (non-hydrogen) atoms. The Balaban J connectivity index is 1.60. The van der Waals surface area contributed by atoms with E-state index in [0.29, 0.717) is 23.9 Å². The molecule has 2 heterocycles. The van der Waals surface area contributed by atoms with Crippen molar-refractivity contribution in [3.8, 4) is 16.5 Å². The highest BCUT2D eigenvalue weighted by Gasteiger charge is 2.15. The average Bonchev–Trinajstić information content (AvgIpc) is 3.22. The molecule has 2 N–H and O–H groups in total. The maximum absolute atomic E-state index is 12.1. The molecule has 0 atom stereocenters. The average molecular weight is 344 g/mol. The van der Waals surface area contributed by atoms with Gasteiger partial charge in [0.1, 0.15) is 10.6 Å². The van der Waals surface area contributed by atoms with Crippen molar-refractivity contribution in [2.45, 2.75) is 13.5 Å². The van der Waals surface area contributed by atoms with Gasteiger partial charge in [0.05, 0.1) is 12.8 Å². The highest BCUT2D eigenvalue weighted by Crippen LogP contribution is 2.32. The number of carbonyl (C=O) groups is 1. The number of urea groups is 1. The van der Waals surface area contributed by atoms with Crippen LogP contribution in [0.25, 0.3) is 10.8 Å². The van der Waals surface area contributed by atoms with Crippen LogP contribution in [-0.4, -0.2) is 23.3 Å². The van der Waals surface area contributed by atoms with Crippen molar-refractivity contribution >= 4 is 23.1 Å². The number of anilines is 1. The first kappa shape index (κ1) is 16.0. The van der Waals surface area contributed by atoms with E-state index in [-0.39, 0.29) is 6.03 Å². The summed E-state index contributed by atoms with van der Waals surface area (Å²) in [5.74, 6) is 1.72. The molecule has 124 valence electrons. The molecule has 0 aliphatic rings. The van der Waals surface area contributed by atoms with Crippen LogP contribution in [0.3, 0.4) is 0 Å². The molecule has 0 unspecified atom stereocenters. The normalized spacial score (nSPS) is 10.4. The summed E-state index contributed by atoms with van der Waals surface area (Å²) < 4.78 is 10.3. The van der Waals surface area contributed by atoms with Crippen LogP contribution in [-0.2, 0) is 6.54 Å². The van der Waals surface area contributed by atoms with Gasteiger partial charge >= 0.3 is 6.03 Å². The minimum absolute atomic E-state index is 0.304. The van der Waals surface area contributed by atoms with Crippen molar-refractivity contribution in [3.63, 3.8) is 0 Å². The molecule has 0 aliphatic heterocycles. The number of aryl methyl sites for hydroxylation is 1. The van der Waals surface area contributed by atoms with Gasteiger partial charge in [-0.3, -0.25) is 0 Å². The number of nitrogens with one attached hydrogen (secondary N) is 2. The van der Waals surface area contributed by atoms with E-state index in [1.165, 1.54) is 11.3 Å². The monoisotopic (exact) mass is 344 g/mol. The van der Waals surface area contributed by atoms with Crippen LogP contribution in [0.2, 0.25) is 0 Å². The Morgan fingerprint density at radius 3 is 2.75 bits per heavy atom. The second-order valence-electron chi connectivity index (χ2n) is 4.97. The van der Waals surface area contributed by atoms with Crippen molar-refractivity contribution < 1.29 is 14.1 Å². The van der Waals surface area contributed by atoms with E-state index in [9.17, 15) is 4.79 Å². The number of hydrogen-bond donors (Lipinski definition) is 2. The number of thiophene rings is 1. The number of rotatable bonds is 5. The fourth-order valence-corrected chi connectivity index (χ4v) is 2.82. The third-order valence-electron chi connectivity index (χ3n) is 3.25. The van der Waals surface area contributed by atoms with Gasteiger partial charge in [0.25, 0.3) is 5.89 Å². The van der Waals surface area contributed by atoms with Crippen LogP contribution < -0.4 is 15.4 Å². The van der Waals surface area contributed by atoms with Gasteiger partial charge in [-0.15, -0.1) is 11.3 Å². The van der Waals surface area contributed by atoms with Gasteiger partial charge in [0.15, 0.2) is 5.82 Å². The Bertz CT molecular complexity index is 826. The number of hydrogen-bond acceptors (Lipinski definition) is 6. The number of benzene rings is 1. The summed E-state index contributed by atoms with van der Waals surface area (Å²) in [4.78, 5) is 17.0. The smallest absolute Gasteiger partial charge is 0.319 e. The van der Waals surface area contributed by atoms with Crippen LogP contribution in [0.1, 0.15) is 11.4 Å². The predicted molar refractivity (Wildman–Crippen MR) is 91.2 cm³/mol. The van der Waals surface area contributed by atoms with Gasteiger partial charge < -0.3 is 19.9 Å². The number of nitrogens with zero attached hydrogens (tertiary/aromatic N) is 2. The van der Waals surface area contributed by atoms with Crippen molar-refractivity contribution in [1.82, 2.24) is 15.5 Å². The highest BCUT2D eigenvalue weighted by atomic mass is 32.1. The molecule has 2 aromatic heterocycles. The minimum Gasteiger partial charge on any atom is -0.497 e. The Hall–Kier alpha value is -2.87. The van der Waals surface area contributed by atoms with E-state index in [1.54, 1.807) is 20.1 Å². The van der Waals surface area contributed by atoms with Crippen LogP contribution >= 0.6 is 11.3 Å². The van der Waals surface area contributed by atoms with Crippen molar-refractivity contribution in [1.29, 1.82) is 0 Å². The molecule has 8 heteroatoms. The van der Waals surface area contributed by atoms with E-state index in [1.807, 2.05) is 29.6 Å². The van der Waals surface area contributed by atoms with Gasteiger partial charge in [-0.1, -0.05) is 17.3 Å². The topological polar surface area (TPSA) is 89.3 Å². The van der Waals surface area contributed by atoms with Crippen molar-refractivity contribution in [2.24, 2.45) is 0 Å². The van der Waals surface area contributed by atoms with E-state index in [2.05, 4.69) is 20.8 Å². The second kappa shape index (κ2) is 7.14. The van der Waals surface area contributed by atoms with E-state index >= 15 is 0 Å². The lowest BCUT2D eigenvalue weighted by Gasteiger charge is -2.08. The molecule has 0 radical (unpaired) electrons. The zero-order valence-electron chi connectivity index (χ0n) is 13.2. The standard InChI is InChI=1S/C16H16N4O3S/c1-10-18-15(23-20-10)14-13(7-8-24-14)19-16(21)17-9-11-3-5-12(22-2)6-4-11/h3-8H,9H2,1-2H3,(H2,17,19,21). The molecular weight excluding hydrogens is 328 g/mol. The molecule has 3 aromatic rings. The fourth-order valence-electron chi connectivity index (χ4n) is 2.05. The fraction of sp³-hybridized carbons (Fsp3) is 0.188. The van der Waals surface area contributed by atoms with E-state index < -0.39 is 0 Å². The lowest BCUT2D eigenvalue weighted by atomic mass is 10.2. The van der Waals surface area contributed by atoms with Gasteiger partial charge in [-0.2, -0.15) is 4.98 Å². The van der Waals surface area contributed by atoms with Crippen LogP contribution in [0.15, 0.2) is 40.2 Å². The molecule has 1 aromatic carbocycles. The van der Waals surface area contributed by atoms with Gasteiger partial charge in [-0.25, -0.2) is 4.79 Å². The Morgan fingerprint density at radius 1 is 1.29 bits per heavy atom.